The van der Waals surface area contributed by atoms with Gasteiger partial charge in [0.15, 0.2) is 0 Å². The highest BCUT2D eigenvalue weighted by molar-refractivity contribution is 9.10. The molecule has 2 N–H and O–H groups in total. The second-order valence-corrected chi connectivity index (χ2v) is 3.28. The largest absolute Gasteiger partial charge is 0.321 e. The number of nitrogens with two attached hydrogens (primary N) is 1. The van der Waals surface area contributed by atoms with Gasteiger partial charge in [-0.1, -0.05) is 28.1 Å². The zero-order valence-corrected chi connectivity index (χ0v) is 8.01. The fourth-order valence-electron chi connectivity index (χ4n) is 0.899. The highest BCUT2D eigenvalue weighted by atomic mass is 79.9. The topological polar surface area (TPSA) is 26.0 Å². The van der Waals surface area contributed by atoms with Gasteiger partial charge in [-0.3, -0.25) is 0 Å². The van der Waals surface area contributed by atoms with Gasteiger partial charge in [0.05, 0.1) is 0 Å². The van der Waals surface area contributed by atoms with Crippen LogP contribution in [0.5, 0.6) is 0 Å². The van der Waals surface area contributed by atoms with Gasteiger partial charge >= 0.3 is 0 Å². The monoisotopic (exact) mass is 229 g/mol. The molecule has 1 atom stereocenters. The van der Waals surface area contributed by atoms with Gasteiger partial charge in [0, 0.05) is 10.5 Å². The molecule has 0 spiro atoms. The van der Waals surface area contributed by atoms with Crippen LogP contribution in [0.25, 0.3) is 0 Å². The fourth-order valence-corrected chi connectivity index (χ4v) is 1.51. The second kappa shape index (κ2) is 3.83. The maximum atomic E-state index is 12.6. The Labute approximate surface area is 79.2 Å². The first-order valence-electron chi connectivity index (χ1n) is 3.48. The number of benzene rings is 1. The second-order valence-electron chi connectivity index (χ2n) is 2.43. The van der Waals surface area contributed by atoms with Crippen LogP contribution in [-0.4, -0.2) is 0 Å². The van der Waals surface area contributed by atoms with Gasteiger partial charge in [-0.25, -0.2) is 4.39 Å². The van der Waals surface area contributed by atoms with Crippen molar-refractivity contribution < 1.29 is 4.39 Å². The SMILES string of the molecule is C=C[C@@H](N)c1ccc(F)cc1Br. The van der Waals surface area contributed by atoms with Gasteiger partial charge < -0.3 is 5.73 Å². The minimum Gasteiger partial charge on any atom is -0.321 e. The molecular formula is C9H9BrFN. The molecule has 0 saturated carbocycles. The summed E-state index contributed by atoms with van der Waals surface area (Å²) in [6, 6.07) is 4.16. The number of halogens is 2. The minimum absolute atomic E-state index is 0.250. The summed E-state index contributed by atoms with van der Waals surface area (Å²) < 4.78 is 13.3. The molecule has 0 unspecified atom stereocenters. The first-order valence-corrected chi connectivity index (χ1v) is 4.27. The lowest BCUT2D eigenvalue weighted by Crippen LogP contribution is -2.07. The molecule has 0 fully saturated rings. The molecule has 64 valence electrons. The third-order valence-electron chi connectivity index (χ3n) is 1.58. The first kappa shape index (κ1) is 9.42. The van der Waals surface area contributed by atoms with E-state index in [0.29, 0.717) is 4.47 Å². The summed E-state index contributed by atoms with van der Waals surface area (Å²) in [5.74, 6) is -0.276. The lowest BCUT2D eigenvalue weighted by atomic mass is 10.1. The third-order valence-corrected chi connectivity index (χ3v) is 2.26. The van der Waals surface area contributed by atoms with Crippen LogP contribution in [0.4, 0.5) is 4.39 Å². The van der Waals surface area contributed by atoms with E-state index >= 15 is 0 Å². The summed E-state index contributed by atoms with van der Waals surface area (Å²) in [4.78, 5) is 0. The average molecular weight is 230 g/mol. The van der Waals surface area contributed by atoms with Crippen molar-refractivity contribution in [2.24, 2.45) is 5.73 Å². The van der Waals surface area contributed by atoms with Gasteiger partial charge in [0.25, 0.3) is 0 Å². The lowest BCUT2D eigenvalue weighted by molar-refractivity contribution is 0.625. The normalized spacial score (nSPS) is 12.6. The quantitative estimate of drug-likeness (QED) is 0.776. The molecular weight excluding hydrogens is 221 g/mol. The molecule has 1 aromatic rings. The number of hydrogen-bond acceptors (Lipinski definition) is 1. The molecule has 0 aliphatic heterocycles. The van der Waals surface area contributed by atoms with E-state index in [1.54, 1.807) is 12.1 Å². The van der Waals surface area contributed by atoms with Gasteiger partial charge in [0.2, 0.25) is 0 Å². The van der Waals surface area contributed by atoms with Crippen molar-refractivity contribution in [3.05, 3.63) is 46.7 Å². The molecule has 0 radical (unpaired) electrons. The van der Waals surface area contributed by atoms with Crippen molar-refractivity contribution in [2.75, 3.05) is 0 Å². The summed E-state index contributed by atoms with van der Waals surface area (Å²) in [6.45, 7) is 3.56. The average Bonchev–Trinajstić information content (AvgIpc) is 2.03. The van der Waals surface area contributed by atoms with E-state index in [4.69, 9.17) is 5.73 Å². The van der Waals surface area contributed by atoms with Crippen molar-refractivity contribution in [1.82, 2.24) is 0 Å². The van der Waals surface area contributed by atoms with Crippen LogP contribution in [0, 0.1) is 5.82 Å². The van der Waals surface area contributed by atoms with Crippen molar-refractivity contribution >= 4 is 15.9 Å². The molecule has 0 bridgehead atoms. The van der Waals surface area contributed by atoms with Crippen LogP contribution >= 0.6 is 15.9 Å². The van der Waals surface area contributed by atoms with Crippen molar-refractivity contribution in [1.29, 1.82) is 0 Å². The van der Waals surface area contributed by atoms with Gasteiger partial charge in [-0.15, -0.1) is 6.58 Å². The molecule has 1 nitrogen and oxygen atoms in total. The zero-order chi connectivity index (χ0) is 9.14. The smallest absolute Gasteiger partial charge is 0.124 e. The molecule has 0 aliphatic rings. The van der Waals surface area contributed by atoms with E-state index in [-0.39, 0.29) is 11.9 Å². The zero-order valence-electron chi connectivity index (χ0n) is 6.43. The van der Waals surface area contributed by atoms with Crippen LogP contribution in [0.3, 0.4) is 0 Å². The van der Waals surface area contributed by atoms with Crippen LogP contribution in [0.1, 0.15) is 11.6 Å². The Morgan fingerprint density at radius 1 is 1.58 bits per heavy atom. The summed E-state index contributed by atoms with van der Waals surface area (Å²) in [5, 5.41) is 0. The molecule has 0 aliphatic carbocycles. The summed E-state index contributed by atoms with van der Waals surface area (Å²) in [6.07, 6.45) is 1.61. The standard InChI is InChI=1S/C9H9BrFN/c1-2-9(12)7-4-3-6(11)5-8(7)10/h2-5,9H,1,12H2/t9-/m1/s1. The minimum atomic E-state index is -0.276. The van der Waals surface area contributed by atoms with E-state index < -0.39 is 0 Å². The Bertz CT molecular complexity index is 299. The van der Waals surface area contributed by atoms with Gasteiger partial charge in [0.1, 0.15) is 5.82 Å². The van der Waals surface area contributed by atoms with Crippen LogP contribution in [0.2, 0.25) is 0 Å². The van der Waals surface area contributed by atoms with Crippen LogP contribution in [-0.2, 0) is 0 Å². The van der Waals surface area contributed by atoms with Gasteiger partial charge in [-0.2, -0.15) is 0 Å². The molecule has 0 heterocycles. The number of rotatable bonds is 2. The molecule has 3 heteroatoms. The molecule has 0 aromatic heterocycles. The van der Waals surface area contributed by atoms with E-state index in [0.717, 1.165) is 5.56 Å². The van der Waals surface area contributed by atoms with E-state index in [2.05, 4.69) is 22.5 Å². The van der Waals surface area contributed by atoms with Gasteiger partial charge in [-0.05, 0) is 17.7 Å². The van der Waals surface area contributed by atoms with Crippen molar-refractivity contribution in [2.45, 2.75) is 6.04 Å². The van der Waals surface area contributed by atoms with E-state index in [9.17, 15) is 4.39 Å². The Morgan fingerprint density at radius 3 is 2.75 bits per heavy atom. The van der Waals surface area contributed by atoms with E-state index in [1.807, 2.05) is 0 Å². The lowest BCUT2D eigenvalue weighted by Gasteiger charge is -2.08. The predicted octanol–water partition coefficient (Wildman–Crippen LogP) is 2.77. The molecule has 12 heavy (non-hydrogen) atoms. The molecule has 0 amide bonds. The molecule has 0 saturated heterocycles. The third kappa shape index (κ3) is 1.93. The highest BCUT2D eigenvalue weighted by Gasteiger charge is 2.06. The Hall–Kier alpha value is -0.670. The summed E-state index contributed by atoms with van der Waals surface area (Å²) in [7, 11) is 0. The van der Waals surface area contributed by atoms with E-state index in [1.165, 1.54) is 12.1 Å². The van der Waals surface area contributed by atoms with Crippen LogP contribution in [0.15, 0.2) is 35.3 Å². The maximum Gasteiger partial charge on any atom is 0.124 e. The number of hydrogen-bond donors (Lipinski definition) is 1. The maximum absolute atomic E-state index is 12.6. The van der Waals surface area contributed by atoms with Crippen molar-refractivity contribution in [3.8, 4) is 0 Å². The van der Waals surface area contributed by atoms with Crippen molar-refractivity contribution in [3.63, 3.8) is 0 Å². The Morgan fingerprint density at radius 2 is 2.25 bits per heavy atom. The highest BCUT2D eigenvalue weighted by Crippen LogP contribution is 2.23. The first-order chi connectivity index (χ1) is 5.65. The molecule has 1 rings (SSSR count). The Kier molecular flexibility index (Phi) is 3.00. The summed E-state index contributed by atoms with van der Waals surface area (Å²) >= 11 is 3.22. The molecule has 1 aromatic carbocycles. The summed E-state index contributed by atoms with van der Waals surface area (Å²) in [5.41, 5.74) is 6.51. The van der Waals surface area contributed by atoms with Crippen LogP contribution < -0.4 is 5.73 Å². The fraction of sp³-hybridized carbons (Fsp3) is 0.111. The Balaban J connectivity index is 3.09. The predicted molar refractivity (Wildman–Crippen MR) is 51.2 cm³/mol.